The van der Waals surface area contributed by atoms with Gasteiger partial charge in [0.25, 0.3) is 0 Å². The van der Waals surface area contributed by atoms with Gasteiger partial charge in [0.05, 0.1) is 7.11 Å². The number of hydrogen-bond donors (Lipinski definition) is 1. The fraction of sp³-hybridized carbons (Fsp3) is 0.111. The molecule has 1 aromatic heterocycles. The maximum atomic E-state index is 5.88. The summed E-state index contributed by atoms with van der Waals surface area (Å²) >= 11 is 0. The number of rotatable bonds is 6. The molecule has 0 unspecified atom stereocenters. The molecule has 0 aliphatic heterocycles. The molecule has 0 fully saturated rings. The number of amidine groups is 1. The van der Waals surface area contributed by atoms with E-state index in [1.807, 2.05) is 48.5 Å². The van der Waals surface area contributed by atoms with Gasteiger partial charge in [0.2, 0.25) is 0 Å². The highest BCUT2D eigenvalue weighted by molar-refractivity contribution is 5.97. The summed E-state index contributed by atoms with van der Waals surface area (Å²) in [7, 11) is 1.61. The molecule has 6 nitrogen and oxygen atoms in total. The minimum absolute atomic E-state index is 0.149. The molecule has 6 heteroatoms. The summed E-state index contributed by atoms with van der Waals surface area (Å²) < 4.78 is 10.3. The van der Waals surface area contributed by atoms with Gasteiger partial charge in [-0.25, -0.2) is 0 Å². The summed E-state index contributed by atoms with van der Waals surface area (Å²) in [6.45, 7) is 0.149. The summed E-state index contributed by atoms with van der Waals surface area (Å²) in [6.07, 6.45) is 0. The molecule has 3 aromatic rings. The van der Waals surface area contributed by atoms with Crippen LogP contribution in [-0.2, 0) is 11.4 Å². The number of benzene rings is 2. The fourth-order valence-electron chi connectivity index (χ4n) is 2.11. The molecule has 3 rings (SSSR count). The molecule has 24 heavy (non-hydrogen) atoms. The quantitative estimate of drug-likeness (QED) is 0.428. The van der Waals surface area contributed by atoms with E-state index in [9.17, 15) is 0 Å². The van der Waals surface area contributed by atoms with Gasteiger partial charge in [-0.1, -0.05) is 40.6 Å². The maximum absolute atomic E-state index is 5.88. The van der Waals surface area contributed by atoms with Crippen LogP contribution in [0.4, 0.5) is 0 Å². The number of hydrogen-bond acceptors (Lipinski definition) is 5. The summed E-state index contributed by atoms with van der Waals surface area (Å²) in [5.41, 5.74) is 8.36. The zero-order valence-electron chi connectivity index (χ0n) is 13.2. The Labute approximate surface area is 139 Å². The van der Waals surface area contributed by atoms with Crippen molar-refractivity contribution in [1.29, 1.82) is 0 Å². The molecule has 122 valence electrons. The van der Waals surface area contributed by atoms with Gasteiger partial charge in [-0.15, -0.1) is 0 Å². The van der Waals surface area contributed by atoms with E-state index in [4.69, 9.17) is 19.8 Å². The summed E-state index contributed by atoms with van der Waals surface area (Å²) in [4.78, 5) is 5.24. The van der Waals surface area contributed by atoms with Gasteiger partial charge in [-0.05, 0) is 24.3 Å². The Hall–Kier alpha value is -3.28. The number of ether oxygens (including phenoxy) is 1. The van der Waals surface area contributed by atoms with Crippen molar-refractivity contribution in [3.05, 3.63) is 72.0 Å². The van der Waals surface area contributed by atoms with Crippen LogP contribution < -0.4 is 10.5 Å². The number of methoxy groups -OCH3 is 1. The first kappa shape index (κ1) is 15.6. The lowest BCUT2D eigenvalue weighted by atomic mass is 10.1. The largest absolute Gasteiger partial charge is 0.497 e. The molecular weight excluding hydrogens is 306 g/mol. The predicted octanol–water partition coefficient (Wildman–Crippen LogP) is 3.19. The van der Waals surface area contributed by atoms with E-state index in [0.29, 0.717) is 5.76 Å². The van der Waals surface area contributed by atoms with Crippen LogP contribution >= 0.6 is 0 Å². The van der Waals surface area contributed by atoms with Crippen LogP contribution in [0.3, 0.4) is 0 Å². The average molecular weight is 323 g/mol. The second-order valence-corrected chi connectivity index (χ2v) is 5.02. The van der Waals surface area contributed by atoms with Crippen molar-refractivity contribution >= 4 is 5.84 Å². The molecule has 0 bridgehead atoms. The van der Waals surface area contributed by atoms with Crippen molar-refractivity contribution in [2.24, 2.45) is 10.9 Å². The van der Waals surface area contributed by atoms with Crippen LogP contribution in [0.5, 0.6) is 5.75 Å². The molecule has 0 aliphatic rings. The van der Waals surface area contributed by atoms with E-state index in [0.717, 1.165) is 22.6 Å². The summed E-state index contributed by atoms with van der Waals surface area (Å²) in [6, 6.07) is 18.8. The van der Waals surface area contributed by atoms with Gasteiger partial charge in [-0.2, -0.15) is 0 Å². The Balaban J connectivity index is 1.60. The van der Waals surface area contributed by atoms with Gasteiger partial charge in [0, 0.05) is 17.2 Å². The topological polar surface area (TPSA) is 82.9 Å². The Morgan fingerprint density at radius 3 is 2.58 bits per heavy atom. The Morgan fingerprint density at radius 1 is 1.12 bits per heavy atom. The number of aromatic nitrogens is 1. The monoisotopic (exact) mass is 323 g/mol. The van der Waals surface area contributed by atoms with Gasteiger partial charge < -0.3 is 19.8 Å². The number of nitrogens with two attached hydrogens (primary N) is 1. The van der Waals surface area contributed by atoms with Crippen molar-refractivity contribution in [1.82, 2.24) is 5.16 Å². The number of oxime groups is 1. The molecule has 0 saturated heterocycles. The minimum atomic E-state index is 0.149. The van der Waals surface area contributed by atoms with E-state index in [-0.39, 0.29) is 12.4 Å². The van der Waals surface area contributed by atoms with E-state index in [2.05, 4.69) is 10.3 Å². The second kappa shape index (κ2) is 7.32. The third-order valence-electron chi connectivity index (χ3n) is 3.38. The van der Waals surface area contributed by atoms with E-state index >= 15 is 0 Å². The lowest BCUT2D eigenvalue weighted by Gasteiger charge is -2.02. The van der Waals surface area contributed by atoms with Crippen molar-refractivity contribution in [3.63, 3.8) is 0 Å². The molecule has 2 aromatic carbocycles. The fourth-order valence-corrected chi connectivity index (χ4v) is 2.11. The predicted molar refractivity (Wildman–Crippen MR) is 90.4 cm³/mol. The van der Waals surface area contributed by atoms with Crippen molar-refractivity contribution in [2.75, 3.05) is 7.11 Å². The standard InChI is InChI=1S/C18H17N3O3/c1-22-15-9-7-14(8-10-15)18(19)21-23-12-16-11-17(20-24-16)13-5-3-2-4-6-13/h2-11H,12H2,1H3,(H2,19,21). The molecule has 0 radical (unpaired) electrons. The lowest BCUT2D eigenvalue weighted by molar-refractivity contribution is 0.109. The highest BCUT2D eigenvalue weighted by Gasteiger charge is 2.07. The van der Waals surface area contributed by atoms with Crippen LogP contribution in [0.2, 0.25) is 0 Å². The minimum Gasteiger partial charge on any atom is -0.497 e. The Bertz CT molecular complexity index is 811. The summed E-state index contributed by atoms with van der Waals surface area (Å²) in [5.74, 6) is 1.60. The van der Waals surface area contributed by atoms with Crippen LogP contribution in [0.25, 0.3) is 11.3 Å². The normalized spacial score (nSPS) is 11.3. The molecule has 2 N–H and O–H groups in total. The zero-order chi connectivity index (χ0) is 16.8. The second-order valence-electron chi connectivity index (χ2n) is 5.02. The molecule has 0 amide bonds. The number of nitrogens with zero attached hydrogens (tertiary/aromatic N) is 2. The van der Waals surface area contributed by atoms with Crippen LogP contribution in [0.1, 0.15) is 11.3 Å². The smallest absolute Gasteiger partial charge is 0.177 e. The van der Waals surface area contributed by atoms with Gasteiger partial charge in [0.15, 0.2) is 18.2 Å². The first-order valence-corrected chi connectivity index (χ1v) is 7.37. The van der Waals surface area contributed by atoms with Crippen molar-refractivity contribution in [3.8, 4) is 17.0 Å². The van der Waals surface area contributed by atoms with Crippen LogP contribution in [-0.4, -0.2) is 18.1 Å². The Morgan fingerprint density at radius 2 is 1.88 bits per heavy atom. The highest BCUT2D eigenvalue weighted by Crippen LogP contribution is 2.19. The van der Waals surface area contributed by atoms with Gasteiger partial charge in [-0.3, -0.25) is 0 Å². The molecule has 0 saturated carbocycles. The van der Waals surface area contributed by atoms with Crippen LogP contribution in [0.15, 0.2) is 70.3 Å². The first-order valence-electron chi connectivity index (χ1n) is 7.37. The Kier molecular flexibility index (Phi) is 4.76. The van der Waals surface area contributed by atoms with E-state index in [1.54, 1.807) is 19.2 Å². The molecule has 0 aliphatic carbocycles. The van der Waals surface area contributed by atoms with Crippen molar-refractivity contribution in [2.45, 2.75) is 6.61 Å². The maximum Gasteiger partial charge on any atom is 0.177 e. The zero-order valence-corrected chi connectivity index (χ0v) is 13.2. The lowest BCUT2D eigenvalue weighted by Crippen LogP contribution is -2.13. The average Bonchev–Trinajstić information content (AvgIpc) is 3.11. The highest BCUT2D eigenvalue weighted by atomic mass is 16.6. The summed E-state index contributed by atoms with van der Waals surface area (Å²) in [5, 5.41) is 7.91. The van der Waals surface area contributed by atoms with E-state index < -0.39 is 0 Å². The SMILES string of the molecule is COc1ccc(/C(N)=N\OCc2cc(-c3ccccc3)no2)cc1. The first-order chi connectivity index (χ1) is 11.8. The third kappa shape index (κ3) is 3.73. The molecular formula is C18H17N3O3. The van der Waals surface area contributed by atoms with E-state index in [1.165, 1.54) is 0 Å². The van der Waals surface area contributed by atoms with Crippen LogP contribution in [0, 0.1) is 0 Å². The third-order valence-corrected chi connectivity index (χ3v) is 3.38. The van der Waals surface area contributed by atoms with Gasteiger partial charge in [0.1, 0.15) is 11.4 Å². The van der Waals surface area contributed by atoms with Crippen molar-refractivity contribution < 1.29 is 14.1 Å². The molecule has 0 atom stereocenters. The molecule has 1 heterocycles. The molecule has 0 spiro atoms. The van der Waals surface area contributed by atoms with Gasteiger partial charge >= 0.3 is 0 Å².